The minimum atomic E-state index is -5.89. The van der Waals surface area contributed by atoms with Crippen LogP contribution in [0.2, 0.25) is 0 Å². The highest BCUT2D eigenvalue weighted by Gasteiger charge is 2.47. The summed E-state index contributed by atoms with van der Waals surface area (Å²) in [6, 6.07) is 1.12. The summed E-state index contributed by atoms with van der Waals surface area (Å²) < 4.78 is 77.5. The fourth-order valence-electron chi connectivity index (χ4n) is 1.89. The summed E-state index contributed by atoms with van der Waals surface area (Å²) in [5, 5.41) is 9.28. The number of nitrogens with zero attached hydrogens (tertiary/aromatic N) is 2. The Balaban J connectivity index is 3.04. The standard InChI is InChI=1S/C10H18F2N3O13P3/c1-6(15-3-2-7(13)14-9(15)17)26-10(4-11,8(12)16)5-25-30(21,22)28-31(23,24)27-29(18,19)20/h2-3,6,8,16H,4-5H2,1H3,(H,21,22)(H,23,24)(H2,13,14,17)(H2,18,19,20)/t6-,8-,10-/m1/s1. The SMILES string of the molecule is C[C@@H](O[C@](CF)(COP(=O)(O)OP(=O)(O)OP(=O)(O)O)[C@@H](O)F)n1ccc(N)nc1=O. The zero-order valence-corrected chi connectivity index (χ0v) is 18.0. The summed E-state index contributed by atoms with van der Waals surface area (Å²) in [6.45, 7) is -2.52. The molecule has 7 N–H and O–H groups in total. The second-order valence-electron chi connectivity index (χ2n) is 5.66. The molecule has 1 aromatic rings. The van der Waals surface area contributed by atoms with Gasteiger partial charge in [0.2, 0.25) is 6.36 Å². The first-order valence-electron chi connectivity index (χ1n) is 7.61. The van der Waals surface area contributed by atoms with E-state index in [0.717, 1.165) is 19.2 Å². The number of hydrogen-bond donors (Lipinski definition) is 6. The van der Waals surface area contributed by atoms with Crippen molar-refractivity contribution in [2.45, 2.75) is 25.1 Å². The Labute approximate surface area is 171 Å². The van der Waals surface area contributed by atoms with Gasteiger partial charge in [-0.15, -0.1) is 0 Å². The molecule has 0 aliphatic heterocycles. The lowest BCUT2D eigenvalue weighted by molar-refractivity contribution is -0.230. The molecule has 0 fully saturated rings. The highest BCUT2D eigenvalue weighted by Crippen LogP contribution is 2.66. The van der Waals surface area contributed by atoms with Crippen molar-refractivity contribution in [1.29, 1.82) is 0 Å². The molecule has 16 nitrogen and oxygen atoms in total. The lowest BCUT2D eigenvalue weighted by atomic mass is 10.1. The number of aliphatic hydroxyl groups excluding tert-OH is 1. The second kappa shape index (κ2) is 10.2. The highest BCUT2D eigenvalue weighted by molar-refractivity contribution is 7.66. The van der Waals surface area contributed by atoms with Crippen LogP contribution in [0.5, 0.6) is 0 Å². The third-order valence-corrected chi connectivity index (χ3v) is 6.98. The molecule has 2 unspecified atom stereocenters. The maximum absolute atomic E-state index is 13.7. The summed E-state index contributed by atoms with van der Waals surface area (Å²) in [6.07, 6.45) is -3.79. The van der Waals surface area contributed by atoms with E-state index < -0.39 is 60.6 Å². The van der Waals surface area contributed by atoms with E-state index in [1.165, 1.54) is 0 Å². The molecule has 0 aromatic carbocycles. The van der Waals surface area contributed by atoms with Crippen LogP contribution in [0.4, 0.5) is 14.6 Å². The fourth-order valence-corrected chi connectivity index (χ4v) is 4.96. The molecule has 1 rings (SSSR count). The van der Waals surface area contributed by atoms with Gasteiger partial charge < -0.3 is 35.2 Å². The lowest BCUT2D eigenvalue weighted by Gasteiger charge is -2.34. The van der Waals surface area contributed by atoms with Crippen molar-refractivity contribution >= 4 is 29.3 Å². The van der Waals surface area contributed by atoms with E-state index >= 15 is 0 Å². The molecule has 1 aromatic heterocycles. The molecule has 0 aliphatic rings. The average molecular weight is 519 g/mol. The van der Waals surface area contributed by atoms with Crippen molar-refractivity contribution in [3.63, 3.8) is 0 Å². The number of halogens is 2. The van der Waals surface area contributed by atoms with Crippen LogP contribution in [-0.2, 0) is 31.6 Å². The number of ether oxygens (including phenoxy) is 1. The Kier molecular flexibility index (Phi) is 9.19. The smallest absolute Gasteiger partial charge is 0.383 e. The molecular formula is C10H18F2N3O13P3. The van der Waals surface area contributed by atoms with Crippen LogP contribution < -0.4 is 11.4 Å². The molecule has 0 spiro atoms. The van der Waals surface area contributed by atoms with Crippen LogP contribution in [0.1, 0.15) is 13.2 Å². The van der Waals surface area contributed by atoms with Gasteiger partial charge in [0.05, 0.1) is 6.61 Å². The molecule has 1 heterocycles. The molecule has 21 heteroatoms. The van der Waals surface area contributed by atoms with Crippen LogP contribution >= 0.6 is 23.5 Å². The summed E-state index contributed by atoms with van der Waals surface area (Å²) in [5.74, 6) is -0.191. The van der Waals surface area contributed by atoms with Gasteiger partial charge in [0.1, 0.15) is 18.7 Å². The van der Waals surface area contributed by atoms with Crippen molar-refractivity contribution < 1.29 is 65.0 Å². The third-order valence-electron chi connectivity index (χ3n) is 3.20. The van der Waals surface area contributed by atoms with Gasteiger partial charge in [0, 0.05) is 6.20 Å². The van der Waals surface area contributed by atoms with Gasteiger partial charge >= 0.3 is 29.2 Å². The lowest BCUT2D eigenvalue weighted by Crippen LogP contribution is -2.50. The van der Waals surface area contributed by atoms with Gasteiger partial charge in [0.25, 0.3) is 0 Å². The quantitative estimate of drug-likeness (QED) is 0.194. The predicted molar refractivity (Wildman–Crippen MR) is 94.3 cm³/mol. The minimum Gasteiger partial charge on any atom is -0.383 e. The Morgan fingerprint density at radius 3 is 2.26 bits per heavy atom. The third kappa shape index (κ3) is 8.73. The van der Waals surface area contributed by atoms with Crippen LogP contribution in [-0.4, -0.2) is 59.5 Å². The van der Waals surface area contributed by atoms with Crippen LogP contribution in [0.3, 0.4) is 0 Å². The summed E-state index contributed by atoms with van der Waals surface area (Å²) in [7, 11) is -17.3. The van der Waals surface area contributed by atoms with Crippen molar-refractivity contribution in [2.75, 3.05) is 19.0 Å². The van der Waals surface area contributed by atoms with Crippen molar-refractivity contribution in [2.24, 2.45) is 0 Å². The van der Waals surface area contributed by atoms with Gasteiger partial charge in [-0.25, -0.2) is 27.3 Å². The van der Waals surface area contributed by atoms with E-state index in [4.69, 9.17) is 25.2 Å². The summed E-state index contributed by atoms with van der Waals surface area (Å²) >= 11 is 0. The first-order valence-corrected chi connectivity index (χ1v) is 12.1. The molecular weight excluding hydrogens is 501 g/mol. The molecule has 180 valence electrons. The number of nitrogen functional groups attached to an aromatic ring is 1. The number of phosphoric acid groups is 3. The molecule has 0 aliphatic carbocycles. The Hall–Kier alpha value is -1.13. The van der Waals surface area contributed by atoms with Crippen LogP contribution in [0.15, 0.2) is 17.1 Å². The predicted octanol–water partition coefficient (Wildman–Crippen LogP) is -0.300. The second-order valence-corrected chi connectivity index (χ2v) is 10.1. The van der Waals surface area contributed by atoms with Gasteiger partial charge in [0.15, 0.2) is 5.60 Å². The molecule has 0 radical (unpaired) electrons. The molecule has 0 amide bonds. The topological polar surface area (TPSA) is 250 Å². The largest absolute Gasteiger partial charge is 0.490 e. The highest BCUT2D eigenvalue weighted by atomic mass is 31.3. The van der Waals surface area contributed by atoms with Gasteiger partial charge in [-0.1, -0.05) is 0 Å². The first kappa shape index (κ1) is 27.9. The summed E-state index contributed by atoms with van der Waals surface area (Å²) in [4.78, 5) is 50.4. The molecule has 0 bridgehead atoms. The first-order chi connectivity index (χ1) is 13.9. The number of nitrogens with two attached hydrogens (primary N) is 1. The van der Waals surface area contributed by atoms with E-state index in [2.05, 4.69) is 18.1 Å². The molecule has 5 atom stereocenters. The number of aliphatic hydroxyl groups is 1. The maximum Gasteiger partial charge on any atom is 0.490 e. The maximum atomic E-state index is 13.7. The number of aromatic nitrogens is 2. The van der Waals surface area contributed by atoms with Gasteiger partial charge in [-0.05, 0) is 13.0 Å². The molecule has 0 saturated carbocycles. The Bertz CT molecular complexity index is 970. The van der Waals surface area contributed by atoms with Gasteiger partial charge in [-0.3, -0.25) is 9.09 Å². The van der Waals surface area contributed by atoms with E-state index in [0.29, 0.717) is 4.57 Å². The van der Waals surface area contributed by atoms with Crippen molar-refractivity contribution in [1.82, 2.24) is 9.55 Å². The van der Waals surface area contributed by atoms with E-state index in [1.807, 2.05) is 0 Å². The Morgan fingerprint density at radius 1 is 1.23 bits per heavy atom. The number of phosphoric ester groups is 1. The number of hydrogen-bond acceptors (Lipinski definition) is 11. The minimum absolute atomic E-state index is 0.191. The van der Waals surface area contributed by atoms with E-state index in [-0.39, 0.29) is 5.82 Å². The monoisotopic (exact) mass is 519 g/mol. The van der Waals surface area contributed by atoms with E-state index in [1.54, 1.807) is 0 Å². The van der Waals surface area contributed by atoms with Crippen molar-refractivity contribution in [3.05, 3.63) is 22.7 Å². The Morgan fingerprint density at radius 2 is 1.81 bits per heavy atom. The average Bonchev–Trinajstić information content (AvgIpc) is 2.54. The number of alkyl halides is 2. The number of anilines is 1. The molecule has 31 heavy (non-hydrogen) atoms. The van der Waals surface area contributed by atoms with E-state index in [9.17, 15) is 37.3 Å². The summed E-state index contributed by atoms with van der Waals surface area (Å²) in [5.41, 5.74) is 1.19. The van der Waals surface area contributed by atoms with Crippen LogP contribution in [0.25, 0.3) is 0 Å². The van der Waals surface area contributed by atoms with Gasteiger partial charge in [-0.2, -0.15) is 13.6 Å². The van der Waals surface area contributed by atoms with Crippen LogP contribution in [0, 0.1) is 0 Å². The number of rotatable bonds is 12. The zero-order valence-electron chi connectivity index (χ0n) is 15.3. The fraction of sp³-hybridized carbons (Fsp3) is 0.600. The molecule has 0 saturated heterocycles. The zero-order chi connectivity index (χ0) is 24.3. The normalized spacial score (nSPS) is 20.3. The van der Waals surface area contributed by atoms with Crippen molar-refractivity contribution in [3.8, 4) is 0 Å².